The Bertz CT molecular complexity index is 1500. The maximum absolute atomic E-state index is 6.20. The summed E-state index contributed by atoms with van der Waals surface area (Å²) in [6.45, 7) is 15.7. The SMILES string of the molecule is C=C/C(=C1/NC(N2CCC(N)CC2)=NC(=NCc2ccccc2C/C=C\c2cccc(NC(=C)/C=C/CN(C)C)c2)N1C)C(C)C. The van der Waals surface area contributed by atoms with Crippen LogP contribution in [0.4, 0.5) is 5.69 Å². The molecule has 2 aliphatic rings. The number of hydrogen-bond donors (Lipinski definition) is 3. The molecule has 46 heavy (non-hydrogen) atoms. The van der Waals surface area contributed by atoms with Gasteiger partial charge in [0.05, 0.1) is 6.54 Å². The minimum Gasteiger partial charge on any atom is -0.356 e. The molecule has 4 N–H and O–H groups in total. The summed E-state index contributed by atoms with van der Waals surface area (Å²) in [5.74, 6) is 2.79. The van der Waals surface area contributed by atoms with Crippen molar-refractivity contribution < 1.29 is 0 Å². The van der Waals surface area contributed by atoms with Gasteiger partial charge in [-0.15, -0.1) is 0 Å². The van der Waals surface area contributed by atoms with Gasteiger partial charge in [-0.3, -0.25) is 4.90 Å². The van der Waals surface area contributed by atoms with E-state index in [0.717, 1.165) is 73.2 Å². The molecule has 1 saturated heterocycles. The summed E-state index contributed by atoms with van der Waals surface area (Å²) in [5, 5.41) is 6.98. The van der Waals surface area contributed by atoms with Crippen molar-refractivity contribution in [3.8, 4) is 0 Å². The van der Waals surface area contributed by atoms with Crippen LogP contribution in [-0.4, -0.2) is 73.4 Å². The smallest absolute Gasteiger partial charge is 0.229 e. The van der Waals surface area contributed by atoms with Gasteiger partial charge in [-0.25, -0.2) is 4.99 Å². The minimum atomic E-state index is 0.248. The molecule has 2 aliphatic heterocycles. The van der Waals surface area contributed by atoms with Crippen LogP contribution in [0.3, 0.4) is 0 Å². The zero-order valence-electron chi connectivity index (χ0n) is 28.3. The van der Waals surface area contributed by atoms with Gasteiger partial charge in [-0.05, 0) is 79.7 Å². The average Bonchev–Trinajstić information content (AvgIpc) is 3.02. The number of likely N-dealkylation sites (tertiary alicyclic amines) is 1. The van der Waals surface area contributed by atoms with Crippen LogP contribution >= 0.6 is 0 Å². The van der Waals surface area contributed by atoms with Crippen LogP contribution in [-0.2, 0) is 13.0 Å². The molecule has 0 atom stereocenters. The van der Waals surface area contributed by atoms with Crippen molar-refractivity contribution in [3.63, 3.8) is 0 Å². The summed E-state index contributed by atoms with van der Waals surface area (Å²) >= 11 is 0. The molecule has 0 saturated carbocycles. The standard InChI is InChI=1S/C38H52N8/c1-8-35(28(2)3)36-42-38(46-24-21-33(39)22-25-46)43-37(45(36)7)40-27-32-18-10-9-17-31(32)19-11-15-30-16-12-20-34(26-30)41-29(4)14-13-23-44(5)6/h8-18,20,26,28,33,41H,1,4,19,21-25,27,39H2,2-3,5-7H3,(H,40,42,43)/b14-13+,15-11-,36-35+. The Morgan fingerprint density at radius 3 is 2.57 bits per heavy atom. The van der Waals surface area contributed by atoms with Crippen molar-refractivity contribution in [1.82, 2.24) is 20.0 Å². The van der Waals surface area contributed by atoms with Gasteiger partial charge < -0.3 is 26.2 Å². The van der Waals surface area contributed by atoms with E-state index in [9.17, 15) is 0 Å². The molecule has 0 aromatic heterocycles. The second-order valence-electron chi connectivity index (χ2n) is 12.5. The molecule has 2 aromatic rings. The van der Waals surface area contributed by atoms with Gasteiger partial charge in [-0.1, -0.05) is 87.7 Å². The van der Waals surface area contributed by atoms with Crippen LogP contribution in [0.2, 0.25) is 0 Å². The van der Waals surface area contributed by atoms with E-state index in [0.29, 0.717) is 18.4 Å². The van der Waals surface area contributed by atoms with Gasteiger partial charge in [0.25, 0.3) is 0 Å². The van der Waals surface area contributed by atoms with Crippen molar-refractivity contribution in [1.29, 1.82) is 0 Å². The summed E-state index contributed by atoms with van der Waals surface area (Å²) < 4.78 is 0. The summed E-state index contributed by atoms with van der Waals surface area (Å²) in [5.41, 5.74) is 12.8. The quantitative estimate of drug-likeness (QED) is 0.245. The highest BCUT2D eigenvalue weighted by molar-refractivity contribution is 5.99. The Morgan fingerprint density at radius 2 is 1.87 bits per heavy atom. The third kappa shape index (κ3) is 9.80. The van der Waals surface area contributed by atoms with Crippen molar-refractivity contribution in [2.24, 2.45) is 21.6 Å². The Hall–Kier alpha value is -4.40. The monoisotopic (exact) mass is 620 g/mol. The lowest BCUT2D eigenvalue weighted by Crippen LogP contribution is -2.53. The number of nitrogens with two attached hydrogens (primary N) is 1. The Morgan fingerprint density at radius 1 is 1.13 bits per heavy atom. The molecule has 0 aliphatic carbocycles. The number of anilines is 1. The van der Waals surface area contributed by atoms with Crippen molar-refractivity contribution in [2.45, 2.75) is 45.7 Å². The van der Waals surface area contributed by atoms with Gasteiger partial charge in [0.2, 0.25) is 11.9 Å². The molecule has 2 aromatic carbocycles. The predicted molar refractivity (Wildman–Crippen MR) is 196 cm³/mol. The molecule has 244 valence electrons. The molecule has 0 bridgehead atoms. The van der Waals surface area contributed by atoms with E-state index in [2.05, 4.69) is 114 Å². The fraction of sp³-hybridized carbons (Fsp3) is 0.368. The lowest BCUT2D eigenvalue weighted by atomic mass is 10.0. The minimum absolute atomic E-state index is 0.248. The van der Waals surface area contributed by atoms with E-state index in [4.69, 9.17) is 15.7 Å². The third-order valence-electron chi connectivity index (χ3n) is 8.16. The molecule has 8 heteroatoms. The number of likely N-dealkylation sites (N-methyl/N-ethyl adjacent to an activating group) is 1. The first-order valence-electron chi connectivity index (χ1n) is 16.3. The Kier molecular flexibility index (Phi) is 12.6. The fourth-order valence-electron chi connectivity index (χ4n) is 5.50. The van der Waals surface area contributed by atoms with Gasteiger partial charge in [0, 0.05) is 44.1 Å². The lowest BCUT2D eigenvalue weighted by molar-refractivity contribution is 0.303. The normalized spacial score (nSPS) is 18.1. The number of hydrogen-bond acceptors (Lipinski definition) is 6. The zero-order chi connectivity index (χ0) is 33.1. The second-order valence-corrected chi connectivity index (χ2v) is 12.5. The molecule has 0 spiro atoms. The van der Waals surface area contributed by atoms with Crippen LogP contribution in [0.25, 0.3) is 6.08 Å². The number of nitrogens with one attached hydrogen (secondary N) is 2. The highest BCUT2D eigenvalue weighted by Gasteiger charge is 2.28. The Labute approximate surface area is 276 Å². The van der Waals surface area contributed by atoms with Crippen LogP contribution < -0.4 is 16.4 Å². The van der Waals surface area contributed by atoms with E-state index >= 15 is 0 Å². The number of nitrogens with zero attached hydrogens (tertiary/aromatic N) is 5. The Balaban J connectivity index is 1.50. The van der Waals surface area contributed by atoms with Crippen molar-refractivity contribution in [2.75, 3.05) is 46.1 Å². The maximum atomic E-state index is 6.20. The van der Waals surface area contributed by atoms with E-state index in [1.54, 1.807) is 0 Å². The maximum Gasteiger partial charge on any atom is 0.229 e. The number of aliphatic imine (C=N–C) groups is 2. The first-order valence-corrected chi connectivity index (χ1v) is 16.3. The van der Waals surface area contributed by atoms with Crippen LogP contribution in [0.15, 0.2) is 113 Å². The molecule has 0 amide bonds. The van der Waals surface area contributed by atoms with E-state index in [1.165, 1.54) is 11.1 Å². The highest BCUT2D eigenvalue weighted by atomic mass is 15.4. The summed E-state index contributed by atoms with van der Waals surface area (Å²) in [6, 6.07) is 17.1. The molecule has 1 fully saturated rings. The van der Waals surface area contributed by atoms with Crippen molar-refractivity contribution >= 4 is 23.7 Å². The van der Waals surface area contributed by atoms with Gasteiger partial charge in [-0.2, -0.15) is 4.99 Å². The topological polar surface area (TPSA) is 84.5 Å². The van der Waals surface area contributed by atoms with E-state index < -0.39 is 0 Å². The number of benzene rings is 2. The summed E-state index contributed by atoms with van der Waals surface area (Å²) in [7, 11) is 6.12. The van der Waals surface area contributed by atoms with Crippen LogP contribution in [0.5, 0.6) is 0 Å². The van der Waals surface area contributed by atoms with Crippen molar-refractivity contribution in [3.05, 3.63) is 120 Å². The number of guanidine groups is 2. The first-order chi connectivity index (χ1) is 22.1. The molecular weight excluding hydrogens is 568 g/mol. The van der Waals surface area contributed by atoms with Crippen LogP contribution in [0.1, 0.15) is 43.4 Å². The third-order valence-corrected chi connectivity index (χ3v) is 8.16. The number of allylic oxidation sites excluding steroid dienone is 4. The lowest BCUT2D eigenvalue weighted by Gasteiger charge is -2.38. The van der Waals surface area contributed by atoms with Gasteiger partial charge in [0.1, 0.15) is 5.82 Å². The number of piperidine rings is 1. The molecule has 0 unspecified atom stereocenters. The molecule has 8 nitrogen and oxygen atoms in total. The van der Waals surface area contributed by atoms with E-state index in [1.807, 2.05) is 38.2 Å². The summed E-state index contributed by atoms with van der Waals surface area (Å²) in [4.78, 5) is 16.5. The number of rotatable bonds is 12. The predicted octanol–water partition coefficient (Wildman–Crippen LogP) is 6.21. The fourth-order valence-corrected chi connectivity index (χ4v) is 5.50. The first kappa shape index (κ1) is 34.5. The highest BCUT2D eigenvalue weighted by Crippen LogP contribution is 2.22. The summed E-state index contributed by atoms with van der Waals surface area (Å²) in [6.07, 6.45) is 13.1. The average molecular weight is 621 g/mol. The zero-order valence-corrected chi connectivity index (χ0v) is 28.3. The second kappa shape index (κ2) is 16.8. The van der Waals surface area contributed by atoms with Crippen LogP contribution in [0, 0.1) is 5.92 Å². The van der Waals surface area contributed by atoms with E-state index in [-0.39, 0.29) is 6.04 Å². The molecule has 2 heterocycles. The van der Waals surface area contributed by atoms with Gasteiger partial charge >= 0.3 is 0 Å². The van der Waals surface area contributed by atoms with Gasteiger partial charge in [0.15, 0.2) is 0 Å². The largest absolute Gasteiger partial charge is 0.356 e. The molecular formula is C38H52N8. The molecule has 4 rings (SSSR count). The molecule has 0 radical (unpaired) electrons.